The maximum absolute atomic E-state index is 13.2. The normalized spacial score (nSPS) is 24.4. The van der Waals surface area contributed by atoms with Crippen LogP contribution in [0, 0.1) is 26.7 Å². The zero-order valence-corrected chi connectivity index (χ0v) is 19.1. The van der Waals surface area contributed by atoms with Gasteiger partial charge in [-0.1, -0.05) is 37.5 Å². The summed E-state index contributed by atoms with van der Waals surface area (Å²) in [4.78, 5) is 14.1. The summed E-state index contributed by atoms with van der Waals surface area (Å²) < 4.78 is 28.0. The Morgan fingerprint density at radius 3 is 2.28 bits per heavy atom. The third kappa shape index (κ3) is 5.19. The smallest absolute Gasteiger partial charge is 0.275 e. The zero-order chi connectivity index (χ0) is 21.2. The minimum Gasteiger partial charge on any atom is -0.348 e. The van der Waals surface area contributed by atoms with Gasteiger partial charge in [0.1, 0.15) is 0 Å². The van der Waals surface area contributed by atoms with E-state index >= 15 is 0 Å². The Hall–Kier alpha value is -1.44. The molecule has 0 radical (unpaired) electrons. The molecule has 3 rings (SSSR count). The molecule has 1 saturated carbocycles. The molecule has 0 unspecified atom stereocenters. The third-order valence-electron chi connectivity index (χ3n) is 6.50. The molecule has 1 heterocycles. The van der Waals surface area contributed by atoms with Crippen molar-refractivity contribution in [2.75, 3.05) is 32.7 Å². The molecular formula is C22H36N3O3S+. The predicted molar refractivity (Wildman–Crippen MR) is 115 cm³/mol. The quantitative estimate of drug-likeness (QED) is 0.749. The summed E-state index contributed by atoms with van der Waals surface area (Å²) in [5.74, 6) is 0.644. The highest BCUT2D eigenvalue weighted by atomic mass is 32.2. The van der Waals surface area contributed by atoms with Crippen LogP contribution in [0.1, 0.15) is 49.3 Å². The van der Waals surface area contributed by atoms with E-state index in [-0.39, 0.29) is 5.91 Å². The maximum atomic E-state index is 13.2. The van der Waals surface area contributed by atoms with Crippen molar-refractivity contribution in [1.82, 2.24) is 9.62 Å². The number of nitrogens with zero attached hydrogens (tertiary/aromatic N) is 1. The van der Waals surface area contributed by atoms with Gasteiger partial charge in [0.05, 0.1) is 31.1 Å². The van der Waals surface area contributed by atoms with E-state index in [4.69, 9.17) is 0 Å². The van der Waals surface area contributed by atoms with Crippen LogP contribution in [0.5, 0.6) is 0 Å². The van der Waals surface area contributed by atoms with Crippen molar-refractivity contribution in [3.05, 3.63) is 28.8 Å². The summed E-state index contributed by atoms with van der Waals surface area (Å²) in [6, 6.07) is 4.15. The third-order valence-corrected chi connectivity index (χ3v) is 8.71. The van der Waals surface area contributed by atoms with Gasteiger partial charge in [0.15, 0.2) is 6.54 Å². The van der Waals surface area contributed by atoms with Crippen molar-refractivity contribution in [2.45, 2.75) is 64.3 Å². The highest BCUT2D eigenvalue weighted by molar-refractivity contribution is 7.89. The molecule has 2 aliphatic rings. The summed E-state index contributed by atoms with van der Waals surface area (Å²) >= 11 is 0. The van der Waals surface area contributed by atoms with E-state index in [9.17, 15) is 13.2 Å². The molecule has 162 valence electrons. The van der Waals surface area contributed by atoms with Crippen LogP contribution < -0.4 is 10.2 Å². The maximum Gasteiger partial charge on any atom is 0.275 e. The van der Waals surface area contributed by atoms with Crippen LogP contribution in [-0.2, 0) is 14.8 Å². The molecule has 2 atom stereocenters. The number of amides is 1. The zero-order valence-electron chi connectivity index (χ0n) is 18.3. The lowest BCUT2D eigenvalue weighted by Crippen LogP contribution is -3.15. The number of quaternary nitrogens is 1. The van der Waals surface area contributed by atoms with Crippen LogP contribution in [-0.4, -0.2) is 57.4 Å². The molecule has 1 aliphatic heterocycles. The van der Waals surface area contributed by atoms with Gasteiger partial charge in [0.25, 0.3) is 5.91 Å². The van der Waals surface area contributed by atoms with Gasteiger partial charge in [0, 0.05) is 6.04 Å². The first-order chi connectivity index (χ1) is 13.7. The summed E-state index contributed by atoms with van der Waals surface area (Å²) in [5.41, 5.74) is 2.68. The number of benzene rings is 1. The molecule has 29 heavy (non-hydrogen) atoms. The minimum atomic E-state index is -3.50. The van der Waals surface area contributed by atoms with Crippen molar-refractivity contribution >= 4 is 15.9 Å². The van der Waals surface area contributed by atoms with Gasteiger partial charge in [-0.15, -0.1) is 0 Å². The van der Waals surface area contributed by atoms with Crippen LogP contribution in [0.2, 0.25) is 0 Å². The lowest BCUT2D eigenvalue weighted by atomic mass is 9.86. The monoisotopic (exact) mass is 422 g/mol. The van der Waals surface area contributed by atoms with Gasteiger partial charge in [0.2, 0.25) is 10.0 Å². The molecule has 7 heteroatoms. The Morgan fingerprint density at radius 1 is 1.10 bits per heavy atom. The Labute approximate surface area is 175 Å². The first-order valence-corrected chi connectivity index (χ1v) is 12.3. The van der Waals surface area contributed by atoms with Gasteiger partial charge in [-0.05, 0) is 50.7 Å². The highest BCUT2D eigenvalue weighted by Gasteiger charge is 2.33. The number of hydrogen-bond acceptors (Lipinski definition) is 3. The summed E-state index contributed by atoms with van der Waals surface area (Å²) in [5, 5.41) is 3.21. The first kappa shape index (κ1) is 22.2. The summed E-state index contributed by atoms with van der Waals surface area (Å²) in [6.07, 6.45) is 4.71. The van der Waals surface area contributed by atoms with E-state index < -0.39 is 10.0 Å². The van der Waals surface area contributed by atoms with Gasteiger partial charge in [-0.2, -0.15) is 4.31 Å². The van der Waals surface area contributed by atoms with E-state index in [1.807, 2.05) is 32.9 Å². The van der Waals surface area contributed by atoms with Crippen LogP contribution in [0.4, 0.5) is 0 Å². The number of carbonyl (C=O) groups excluding carboxylic acids is 1. The van der Waals surface area contributed by atoms with Crippen LogP contribution in [0.3, 0.4) is 0 Å². The number of sulfonamides is 1. The van der Waals surface area contributed by atoms with Crippen LogP contribution in [0.25, 0.3) is 0 Å². The number of hydrogen-bond donors (Lipinski definition) is 2. The van der Waals surface area contributed by atoms with E-state index in [2.05, 4.69) is 12.2 Å². The number of aryl methyl sites for hydroxylation is 3. The molecule has 1 aliphatic carbocycles. The average molecular weight is 423 g/mol. The lowest BCUT2D eigenvalue weighted by Gasteiger charge is -2.33. The lowest BCUT2D eigenvalue weighted by molar-refractivity contribution is -0.895. The topological polar surface area (TPSA) is 70.9 Å². The first-order valence-electron chi connectivity index (χ1n) is 10.9. The van der Waals surface area contributed by atoms with Crippen molar-refractivity contribution in [2.24, 2.45) is 5.92 Å². The molecule has 0 spiro atoms. The predicted octanol–water partition coefficient (Wildman–Crippen LogP) is 1.20. The molecule has 1 aromatic carbocycles. The second kappa shape index (κ2) is 9.14. The Kier molecular flexibility index (Phi) is 7.02. The van der Waals surface area contributed by atoms with E-state index in [0.717, 1.165) is 28.0 Å². The molecule has 6 nitrogen and oxygen atoms in total. The second-order valence-electron chi connectivity index (χ2n) is 8.99. The van der Waals surface area contributed by atoms with E-state index in [1.54, 1.807) is 4.31 Å². The molecule has 1 saturated heterocycles. The fourth-order valence-electron chi connectivity index (χ4n) is 4.94. The molecule has 0 bridgehead atoms. The van der Waals surface area contributed by atoms with Crippen LogP contribution in [0.15, 0.2) is 17.0 Å². The van der Waals surface area contributed by atoms with Crippen molar-refractivity contribution in [1.29, 1.82) is 0 Å². The highest BCUT2D eigenvalue weighted by Crippen LogP contribution is 2.25. The SMILES string of the molecule is Cc1cc(C)c(S(=O)(=O)N2CC[NH+](CC(=O)N[C@H]3CCCC[C@@H]3C)CC2)c(C)c1. The van der Waals surface area contributed by atoms with Gasteiger partial charge >= 0.3 is 0 Å². The Morgan fingerprint density at radius 2 is 1.69 bits per heavy atom. The van der Waals surface area contributed by atoms with E-state index in [1.165, 1.54) is 19.3 Å². The molecule has 1 aromatic rings. The molecule has 2 fully saturated rings. The summed E-state index contributed by atoms with van der Waals surface area (Å²) in [6.45, 7) is 10.6. The number of carbonyl (C=O) groups is 1. The fourth-order valence-corrected chi connectivity index (χ4v) is 6.79. The average Bonchev–Trinajstić information content (AvgIpc) is 2.63. The molecule has 1 amide bonds. The minimum absolute atomic E-state index is 0.0975. The fraction of sp³-hybridized carbons (Fsp3) is 0.682. The van der Waals surface area contributed by atoms with E-state index in [0.29, 0.717) is 49.6 Å². The summed E-state index contributed by atoms with van der Waals surface area (Å²) in [7, 11) is -3.50. The van der Waals surface area contributed by atoms with Crippen molar-refractivity contribution in [3.8, 4) is 0 Å². The van der Waals surface area contributed by atoms with Crippen LogP contribution >= 0.6 is 0 Å². The number of piperazine rings is 1. The largest absolute Gasteiger partial charge is 0.348 e. The van der Waals surface area contributed by atoms with Crippen molar-refractivity contribution in [3.63, 3.8) is 0 Å². The van der Waals surface area contributed by atoms with Gasteiger partial charge in [-0.3, -0.25) is 4.79 Å². The van der Waals surface area contributed by atoms with Gasteiger partial charge < -0.3 is 10.2 Å². The molecule has 0 aromatic heterocycles. The molecular weight excluding hydrogens is 386 g/mol. The van der Waals surface area contributed by atoms with Gasteiger partial charge in [-0.25, -0.2) is 8.42 Å². The number of nitrogens with one attached hydrogen (secondary N) is 2. The Bertz CT molecular complexity index is 822. The standard InChI is InChI=1S/C22H35N3O3S/c1-16-13-18(3)22(19(4)14-16)29(27,28)25-11-9-24(10-12-25)15-21(26)23-20-8-6-5-7-17(20)2/h13-14,17,20H,5-12,15H2,1-4H3,(H,23,26)/p+1/t17-,20-/m0/s1. The Balaban J connectivity index is 1.57. The number of rotatable bonds is 5. The molecule has 2 N–H and O–H groups in total. The second-order valence-corrected chi connectivity index (χ2v) is 10.9. The van der Waals surface area contributed by atoms with Crippen molar-refractivity contribution < 1.29 is 18.1 Å².